The maximum absolute atomic E-state index is 11.7. The zero-order chi connectivity index (χ0) is 10.7. The van der Waals surface area contributed by atoms with Crippen LogP contribution in [0.3, 0.4) is 0 Å². The first-order valence-electron chi connectivity index (χ1n) is 4.62. The average Bonchev–Trinajstić information content (AvgIpc) is 2.45. The molecule has 78 valence electrons. The van der Waals surface area contributed by atoms with Gasteiger partial charge in [0, 0.05) is 22.3 Å². The summed E-state index contributed by atoms with van der Waals surface area (Å²) in [5.41, 5.74) is 6.20. The zero-order valence-electron chi connectivity index (χ0n) is 8.76. The van der Waals surface area contributed by atoms with Gasteiger partial charge in [0.25, 0.3) is 5.91 Å². The van der Waals surface area contributed by atoms with Gasteiger partial charge in [-0.25, -0.2) is 0 Å². The summed E-state index contributed by atoms with van der Waals surface area (Å²) in [5.74, 6) is -0.0233. The van der Waals surface area contributed by atoms with Gasteiger partial charge in [0.15, 0.2) is 0 Å². The highest BCUT2D eigenvalue weighted by Gasteiger charge is 2.13. The number of thiophene rings is 1. The van der Waals surface area contributed by atoms with E-state index in [1.165, 1.54) is 0 Å². The van der Waals surface area contributed by atoms with E-state index in [1.54, 1.807) is 11.3 Å². The number of hydrogen-bond donors (Lipinski definition) is 2. The van der Waals surface area contributed by atoms with Crippen molar-refractivity contribution in [1.82, 2.24) is 5.32 Å². The minimum Gasteiger partial charge on any atom is -0.348 e. The van der Waals surface area contributed by atoms with E-state index in [-0.39, 0.29) is 11.9 Å². The first kappa shape index (κ1) is 11.2. The van der Waals surface area contributed by atoms with Crippen LogP contribution in [-0.4, -0.2) is 18.5 Å². The van der Waals surface area contributed by atoms with Crippen molar-refractivity contribution in [3.63, 3.8) is 0 Å². The molecule has 0 aliphatic rings. The predicted molar refractivity (Wildman–Crippen MR) is 59.8 cm³/mol. The van der Waals surface area contributed by atoms with Crippen molar-refractivity contribution in [3.05, 3.63) is 21.4 Å². The number of aryl methyl sites for hydroxylation is 2. The van der Waals surface area contributed by atoms with E-state index < -0.39 is 0 Å². The van der Waals surface area contributed by atoms with E-state index in [0.29, 0.717) is 6.54 Å². The first-order chi connectivity index (χ1) is 6.54. The largest absolute Gasteiger partial charge is 0.348 e. The Bertz CT molecular complexity index is 333. The average molecular weight is 212 g/mol. The fourth-order valence-corrected chi connectivity index (χ4v) is 2.14. The highest BCUT2D eigenvalue weighted by molar-refractivity contribution is 7.12. The number of nitrogens with two attached hydrogens (primary N) is 1. The molecule has 1 heterocycles. The van der Waals surface area contributed by atoms with Crippen LogP contribution >= 0.6 is 11.3 Å². The molecule has 1 unspecified atom stereocenters. The number of carbonyl (C=O) groups is 1. The van der Waals surface area contributed by atoms with Gasteiger partial charge in [0.05, 0.1) is 5.56 Å². The molecular formula is C10H16N2OS. The number of rotatable bonds is 3. The molecule has 4 heteroatoms. The SMILES string of the molecule is Cc1cc(C(=O)NC(C)CN)c(C)s1. The molecule has 0 fully saturated rings. The van der Waals surface area contributed by atoms with Crippen molar-refractivity contribution in [2.75, 3.05) is 6.54 Å². The van der Waals surface area contributed by atoms with E-state index >= 15 is 0 Å². The number of carbonyl (C=O) groups excluding carboxylic acids is 1. The molecule has 1 rings (SSSR count). The number of hydrogen-bond acceptors (Lipinski definition) is 3. The van der Waals surface area contributed by atoms with Crippen LogP contribution in [0, 0.1) is 13.8 Å². The third-order valence-electron chi connectivity index (χ3n) is 2.02. The quantitative estimate of drug-likeness (QED) is 0.796. The van der Waals surface area contributed by atoms with Gasteiger partial charge in [-0.2, -0.15) is 0 Å². The topological polar surface area (TPSA) is 55.1 Å². The highest BCUT2D eigenvalue weighted by Crippen LogP contribution is 2.20. The summed E-state index contributed by atoms with van der Waals surface area (Å²) < 4.78 is 0. The van der Waals surface area contributed by atoms with Crippen molar-refractivity contribution in [3.8, 4) is 0 Å². The normalized spacial score (nSPS) is 12.6. The van der Waals surface area contributed by atoms with E-state index in [2.05, 4.69) is 5.32 Å². The Hall–Kier alpha value is -0.870. The third-order valence-corrected chi connectivity index (χ3v) is 2.98. The minimum absolute atomic E-state index is 0.0233. The molecule has 0 bridgehead atoms. The molecule has 1 amide bonds. The van der Waals surface area contributed by atoms with Crippen molar-refractivity contribution >= 4 is 17.2 Å². The molecule has 0 aliphatic heterocycles. The molecule has 0 aliphatic carbocycles. The van der Waals surface area contributed by atoms with Crippen LogP contribution in [0.4, 0.5) is 0 Å². The Morgan fingerprint density at radius 1 is 1.64 bits per heavy atom. The fourth-order valence-electron chi connectivity index (χ4n) is 1.22. The van der Waals surface area contributed by atoms with Gasteiger partial charge in [-0.05, 0) is 26.8 Å². The van der Waals surface area contributed by atoms with Crippen molar-refractivity contribution in [1.29, 1.82) is 0 Å². The Morgan fingerprint density at radius 3 is 2.71 bits per heavy atom. The lowest BCUT2D eigenvalue weighted by Crippen LogP contribution is -2.37. The summed E-state index contributed by atoms with van der Waals surface area (Å²) in [4.78, 5) is 13.9. The van der Waals surface area contributed by atoms with Gasteiger partial charge in [0.2, 0.25) is 0 Å². The lowest BCUT2D eigenvalue weighted by atomic mass is 10.2. The molecule has 14 heavy (non-hydrogen) atoms. The number of amides is 1. The van der Waals surface area contributed by atoms with Crippen LogP contribution < -0.4 is 11.1 Å². The summed E-state index contributed by atoms with van der Waals surface area (Å²) in [5, 5.41) is 2.84. The van der Waals surface area contributed by atoms with Crippen molar-refractivity contribution in [2.24, 2.45) is 5.73 Å². The maximum atomic E-state index is 11.7. The predicted octanol–water partition coefficient (Wildman–Crippen LogP) is 1.44. The Balaban J connectivity index is 2.74. The van der Waals surface area contributed by atoms with Gasteiger partial charge in [-0.15, -0.1) is 11.3 Å². The molecule has 3 nitrogen and oxygen atoms in total. The molecule has 0 spiro atoms. The van der Waals surface area contributed by atoms with Gasteiger partial charge in [-0.3, -0.25) is 4.79 Å². The third kappa shape index (κ3) is 2.56. The zero-order valence-corrected chi connectivity index (χ0v) is 9.57. The van der Waals surface area contributed by atoms with Crippen LogP contribution in [0.15, 0.2) is 6.07 Å². The lowest BCUT2D eigenvalue weighted by Gasteiger charge is -2.10. The fraction of sp³-hybridized carbons (Fsp3) is 0.500. The molecule has 1 aromatic heterocycles. The Kier molecular flexibility index (Phi) is 3.66. The molecule has 0 saturated heterocycles. The monoisotopic (exact) mass is 212 g/mol. The van der Waals surface area contributed by atoms with Crippen molar-refractivity contribution in [2.45, 2.75) is 26.8 Å². The van der Waals surface area contributed by atoms with Gasteiger partial charge >= 0.3 is 0 Å². The number of nitrogens with one attached hydrogen (secondary N) is 1. The molecule has 1 aromatic rings. The molecule has 0 radical (unpaired) electrons. The van der Waals surface area contributed by atoms with Crippen LogP contribution in [0.1, 0.15) is 27.0 Å². The smallest absolute Gasteiger partial charge is 0.252 e. The molecular weight excluding hydrogens is 196 g/mol. The Labute approximate surface area is 88.3 Å². The molecule has 0 saturated carbocycles. The molecule has 1 atom stereocenters. The van der Waals surface area contributed by atoms with E-state index in [1.807, 2.05) is 26.8 Å². The molecule has 3 N–H and O–H groups in total. The van der Waals surface area contributed by atoms with Crippen molar-refractivity contribution < 1.29 is 4.79 Å². The molecule has 0 aromatic carbocycles. The summed E-state index contributed by atoms with van der Waals surface area (Å²) in [6.45, 7) is 6.32. The summed E-state index contributed by atoms with van der Waals surface area (Å²) in [6, 6.07) is 1.94. The van der Waals surface area contributed by atoms with Crippen LogP contribution in [0.2, 0.25) is 0 Å². The van der Waals surface area contributed by atoms with Crippen LogP contribution in [-0.2, 0) is 0 Å². The van der Waals surface area contributed by atoms with Crippen LogP contribution in [0.5, 0.6) is 0 Å². The minimum atomic E-state index is -0.0233. The summed E-state index contributed by atoms with van der Waals surface area (Å²) >= 11 is 1.64. The second-order valence-electron chi connectivity index (χ2n) is 3.44. The van der Waals surface area contributed by atoms with E-state index in [4.69, 9.17) is 5.73 Å². The van der Waals surface area contributed by atoms with Crippen LogP contribution in [0.25, 0.3) is 0 Å². The lowest BCUT2D eigenvalue weighted by molar-refractivity contribution is 0.0941. The highest BCUT2D eigenvalue weighted by atomic mass is 32.1. The van der Waals surface area contributed by atoms with Gasteiger partial charge in [-0.1, -0.05) is 0 Å². The maximum Gasteiger partial charge on any atom is 0.252 e. The van der Waals surface area contributed by atoms with Gasteiger partial charge in [0.1, 0.15) is 0 Å². The van der Waals surface area contributed by atoms with Gasteiger partial charge < -0.3 is 11.1 Å². The standard InChI is InChI=1S/C10H16N2OS/c1-6(5-11)12-10(13)9-4-7(2)14-8(9)3/h4,6H,5,11H2,1-3H3,(H,12,13). The first-order valence-corrected chi connectivity index (χ1v) is 5.44. The summed E-state index contributed by atoms with van der Waals surface area (Å²) in [7, 11) is 0. The van der Waals surface area contributed by atoms with E-state index in [0.717, 1.165) is 15.3 Å². The summed E-state index contributed by atoms with van der Waals surface area (Å²) in [6.07, 6.45) is 0. The Morgan fingerprint density at radius 2 is 2.29 bits per heavy atom. The van der Waals surface area contributed by atoms with E-state index in [9.17, 15) is 4.79 Å². The second kappa shape index (κ2) is 4.57. The second-order valence-corrected chi connectivity index (χ2v) is 4.90.